The van der Waals surface area contributed by atoms with E-state index in [9.17, 15) is 39.6 Å². The van der Waals surface area contributed by atoms with Crippen molar-refractivity contribution in [1.82, 2.24) is 4.98 Å². The third kappa shape index (κ3) is 8.56. The molecule has 3 aromatic rings. The predicted octanol–water partition coefficient (Wildman–Crippen LogP) is 6.84. The van der Waals surface area contributed by atoms with E-state index >= 15 is 0 Å². The number of pyridine rings is 1. The normalized spacial score (nSPS) is 15.3. The minimum atomic E-state index is -5.18. The van der Waals surface area contributed by atoms with Crippen LogP contribution in [0.5, 0.6) is 11.6 Å². The fourth-order valence-corrected chi connectivity index (χ4v) is 6.43. The second-order valence-electron chi connectivity index (χ2n) is 9.88. The lowest BCUT2D eigenvalue weighted by molar-refractivity contribution is -0.142. The number of sulfone groups is 1. The summed E-state index contributed by atoms with van der Waals surface area (Å²) in [5.41, 5.74) is -3.51. The number of nitrogens with zero attached hydrogens (tertiary/aromatic N) is 1. The van der Waals surface area contributed by atoms with Gasteiger partial charge >= 0.3 is 18.3 Å². The molecular weight excluding hydrogens is 624 g/mol. The Bertz CT molecular complexity index is 1570. The molecule has 232 valence electrons. The van der Waals surface area contributed by atoms with Crippen LogP contribution in [-0.4, -0.2) is 48.8 Å². The third-order valence-electron chi connectivity index (χ3n) is 6.42. The van der Waals surface area contributed by atoms with E-state index in [1.807, 2.05) is 0 Å². The maximum atomic E-state index is 14.1. The Balaban J connectivity index is 1.61. The molecule has 0 aliphatic carbocycles. The van der Waals surface area contributed by atoms with Crippen molar-refractivity contribution in [3.63, 3.8) is 0 Å². The van der Waals surface area contributed by atoms with Gasteiger partial charge in [-0.2, -0.15) is 26.3 Å². The molecule has 0 bridgehead atoms. The highest BCUT2D eigenvalue weighted by atomic mass is 32.2. The van der Waals surface area contributed by atoms with Gasteiger partial charge in [-0.25, -0.2) is 13.4 Å². The lowest BCUT2D eigenvalue weighted by Gasteiger charge is -2.21. The predicted molar refractivity (Wildman–Crippen MR) is 146 cm³/mol. The van der Waals surface area contributed by atoms with Gasteiger partial charge in [0.1, 0.15) is 22.2 Å². The van der Waals surface area contributed by atoms with Crippen LogP contribution in [0, 0.1) is 0 Å². The van der Waals surface area contributed by atoms with E-state index in [-0.39, 0.29) is 48.1 Å². The smallest absolute Gasteiger partial charge is 0.417 e. The van der Waals surface area contributed by atoms with E-state index in [1.165, 1.54) is 30.1 Å². The summed E-state index contributed by atoms with van der Waals surface area (Å²) in [6.07, 6.45) is -8.08. The minimum Gasteiger partial charge on any atom is -0.494 e. The van der Waals surface area contributed by atoms with Gasteiger partial charge in [0.25, 0.3) is 0 Å². The largest absolute Gasteiger partial charge is 0.494 e. The van der Waals surface area contributed by atoms with E-state index < -0.39 is 57.2 Å². The van der Waals surface area contributed by atoms with Crippen molar-refractivity contribution < 1.29 is 54.1 Å². The summed E-state index contributed by atoms with van der Waals surface area (Å²) in [6, 6.07) is 7.64. The van der Waals surface area contributed by atoms with Crippen LogP contribution < -0.4 is 9.47 Å². The molecule has 43 heavy (non-hydrogen) atoms. The van der Waals surface area contributed by atoms with Crippen LogP contribution in [-0.2, 0) is 33.6 Å². The molecule has 7 nitrogen and oxygen atoms in total. The lowest BCUT2D eigenvalue weighted by atomic mass is 9.92. The number of alkyl halides is 6. The number of benzene rings is 2. The van der Waals surface area contributed by atoms with E-state index in [0.29, 0.717) is 17.9 Å². The van der Waals surface area contributed by atoms with Crippen molar-refractivity contribution in [3.8, 4) is 22.8 Å². The number of halogens is 6. The average Bonchev–Trinajstić information content (AvgIpc) is 3.29. The van der Waals surface area contributed by atoms with Gasteiger partial charge in [-0.3, -0.25) is 4.79 Å². The second-order valence-corrected chi connectivity index (χ2v) is 13.2. The van der Waals surface area contributed by atoms with Crippen LogP contribution in [0.2, 0.25) is 0 Å². The highest BCUT2D eigenvalue weighted by Crippen LogP contribution is 2.47. The number of thioether (sulfide) groups is 1. The Labute approximate surface area is 247 Å². The van der Waals surface area contributed by atoms with Crippen LogP contribution in [0.25, 0.3) is 11.1 Å². The van der Waals surface area contributed by atoms with Crippen molar-refractivity contribution in [3.05, 3.63) is 70.9 Å². The monoisotopic (exact) mass is 649 g/mol. The van der Waals surface area contributed by atoms with Gasteiger partial charge in [0.05, 0.1) is 29.9 Å². The fraction of sp³-hybridized carbons (Fsp3) is 0.357. The van der Waals surface area contributed by atoms with Crippen LogP contribution in [0.3, 0.4) is 0 Å². The summed E-state index contributed by atoms with van der Waals surface area (Å²) in [5.74, 6) is -1.45. The molecule has 1 N–H and O–H groups in total. The van der Waals surface area contributed by atoms with Crippen LogP contribution in [0.15, 0.2) is 53.6 Å². The Kier molecular flexibility index (Phi) is 9.54. The van der Waals surface area contributed by atoms with E-state index in [0.717, 1.165) is 28.8 Å². The quantitative estimate of drug-likeness (QED) is 0.178. The Morgan fingerprint density at radius 1 is 1.05 bits per heavy atom. The Morgan fingerprint density at radius 2 is 1.72 bits per heavy atom. The van der Waals surface area contributed by atoms with Gasteiger partial charge in [0.15, 0.2) is 0 Å². The molecule has 1 aliphatic rings. The van der Waals surface area contributed by atoms with Gasteiger partial charge in [-0.15, -0.1) is 11.8 Å². The number of aliphatic carboxylic acids is 1. The van der Waals surface area contributed by atoms with Crippen molar-refractivity contribution >= 4 is 27.6 Å². The van der Waals surface area contributed by atoms with Gasteiger partial charge in [0.2, 0.25) is 5.88 Å². The maximum Gasteiger partial charge on any atom is 0.417 e. The first-order valence-corrected chi connectivity index (χ1v) is 15.8. The molecule has 15 heteroatoms. The number of hydrogen-bond donors (Lipinski definition) is 1. The summed E-state index contributed by atoms with van der Waals surface area (Å²) in [6.45, 7) is -0.615. The molecular formula is C28H25F6NO6S2. The summed E-state index contributed by atoms with van der Waals surface area (Å²) in [7, 11) is -3.39. The van der Waals surface area contributed by atoms with Gasteiger partial charge in [0, 0.05) is 40.6 Å². The lowest BCUT2D eigenvalue weighted by Crippen LogP contribution is -2.16. The number of hydrogen-bond acceptors (Lipinski definition) is 7. The molecule has 0 amide bonds. The zero-order chi connectivity index (χ0) is 31.6. The number of rotatable bonds is 11. The number of aromatic nitrogens is 1. The molecule has 0 saturated carbocycles. The van der Waals surface area contributed by atoms with E-state index in [1.54, 1.807) is 6.07 Å². The first-order valence-electron chi connectivity index (χ1n) is 12.7. The topological polar surface area (TPSA) is 103 Å². The SMILES string of the molecule is CS(=O)(=O)CCCOc1cc(C(F)(F)F)c(-c2cccc(COc3cc4c(cn3)[C@H](CC(=O)O)CS4)c2)c(C(F)(F)F)c1. The van der Waals surface area contributed by atoms with Gasteiger partial charge < -0.3 is 14.6 Å². The molecule has 1 atom stereocenters. The van der Waals surface area contributed by atoms with Crippen molar-refractivity contribution in [2.24, 2.45) is 0 Å². The number of carboxylic acid groups (broad SMARTS) is 1. The maximum absolute atomic E-state index is 14.1. The number of carboxylic acids is 1. The van der Waals surface area contributed by atoms with Crippen LogP contribution in [0.1, 0.15) is 41.0 Å². The first kappa shape index (κ1) is 32.5. The Morgan fingerprint density at radius 3 is 2.33 bits per heavy atom. The molecule has 1 aliphatic heterocycles. The van der Waals surface area contributed by atoms with Gasteiger partial charge in [-0.05, 0) is 41.3 Å². The Hall–Kier alpha value is -3.46. The van der Waals surface area contributed by atoms with Crippen molar-refractivity contribution in [1.29, 1.82) is 0 Å². The minimum absolute atomic E-state index is 0.0508. The zero-order valence-corrected chi connectivity index (χ0v) is 24.1. The molecule has 0 saturated heterocycles. The average molecular weight is 650 g/mol. The van der Waals surface area contributed by atoms with Gasteiger partial charge in [-0.1, -0.05) is 18.2 Å². The summed E-state index contributed by atoms with van der Waals surface area (Å²) in [5, 5.41) is 9.07. The van der Waals surface area contributed by atoms with Crippen LogP contribution >= 0.6 is 11.8 Å². The van der Waals surface area contributed by atoms with Crippen LogP contribution in [0.4, 0.5) is 26.3 Å². The number of fused-ring (bicyclic) bond motifs is 1. The van der Waals surface area contributed by atoms with E-state index in [2.05, 4.69) is 4.98 Å². The molecule has 2 heterocycles. The molecule has 4 rings (SSSR count). The molecule has 2 aromatic carbocycles. The summed E-state index contributed by atoms with van der Waals surface area (Å²) >= 11 is 1.44. The highest BCUT2D eigenvalue weighted by Gasteiger charge is 2.42. The number of ether oxygens (including phenoxy) is 2. The molecule has 0 radical (unpaired) electrons. The fourth-order valence-electron chi connectivity index (χ4n) is 4.54. The van der Waals surface area contributed by atoms with E-state index in [4.69, 9.17) is 14.6 Å². The van der Waals surface area contributed by atoms with Crippen molar-refractivity contribution in [2.45, 2.75) is 42.6 Å². The summed E-state index contributed by atoms with van der Waals surface area (Å²) < 4.78 is 118. The molecule has 1 aromatic heterocycles. The van der Waals surface area contributed by atoms with Crippen molar-refractivity contribution in [2.75, 3.05) is 24.4 Å². The summed E-state index contributed by atoms with van der Waals surface area (Å²) in [4.78, 5) is 16.0. The molecule has 0 unspecified atom stereocenters. The standard InChI is InChI=1S/C28H25F6NO6S2/c1-43(38,39)7-3-6-40-19-10-21(27(29,30)31)26(22(11-19)28(32,33)34)17-5-2-4-16(8-17)14-41-24-12-23-20(13-35-24)18(15-42-23)9-25(36)37/h2,4-5,8,10-13,18H,3,6-7,9,14-15H2,1H3,(H,36,37)/t18-/m1/s1. The second kappa shape index (κ2) is 12.6. The third-order valence-corrected chi connectivity index (χ3v) is 8.69. The highest BCUT2D eigenvalue weighted by molar-refractivity contribution is 7.99. The first-order chi connectivity index (χ1) is 20.0. The molecule has 0 fully saturated rings. The zero-order valence-electron chi connectivity index (χ0n) is 22.5. The number of carbonyl (C=O) groups is 1. The molecule has 0 spiro atoms.